The highest BCUT2D eigenvalue weighted by Gasteiger charge is 2.62. The second-order valence-corrected chi connectivity index (χ2v) is 5.67. The van der Waals surface area contributed by atoms with Gasteiger partial charge in [-0.3, -0.25) is 4.79 Å². The van der Waals surface area contributed by atoms with Gasteiger partial charge in [-0.1, -0.05) is 13.8 Å². The number of rotatable bonds is 1. The van der Waals surface area contributed by atoms with E-state index >= 15 is 0 Å². The number of hydrogen-bond donors (Lipinski definition) is 1. The zero-order valence-corrected chi connectivity index (χ0v) is 10.7. The minimum absolute atomic E-state index is 0.144. The Morgan fingerprint density at radius 1 is 1.28 bits per heavy atom. The van der Waals surface area contributed by atoms with E-state index in [0.717, 1.165) is 0 Å². The fraction of sp³-hybridized carbons (Fsp3) is 0.917. The number of alkyl halides is 3. The first-order chi connectivity index (χ1) is 8.28. The van der Waals surface area contributed by atoms with Gasteiger partial charge in [0.2, 0.25) is 5.91 Å². The average Bonchev–Trinajstić information content (AvgIpc) is 2.85. The van der Waals surface area contributed by atoms with Crippen molar-refractivity contribution in [2.75, 3.05) is 26.2 Å². The number of likely N-dealkylation sites (tertiary alicyclic amines) is 1. The van der Waals surface area contributed by atoms with Crippen LogP contribution in [0.2, 0.25) is 0 Å². The van der Waals surface area contributed by atoms with Crippen molar-refractivity contribution < 1.29 is 18.0 Å². The molecule has 2 rings (SSSR count). The third kappa shape index (κ3) is 2.00. The molecule has 18 heavy (non-hydrogen) atoms. The van der Waals surface area contributed by atoms with Crippen molar-refractivity contribution in [2.45, 2.75) is 26.4 Å². The summed E-state index contributed by atoms with van der Waals surface area (Å²) in [5.41, 5.74) is -2.20. The third-order valence-corrected chi connectivity index (χ3v) is 4.38. The molecule has 2 heterocycles. The van der Waals surface area contributed by atoms with Crippen LogP contribution < -0.4 is 5.32 Å². The van der Waals surface area contributed by atoms with Crippen LogP contribution in [-0.4, -0.2) is 43.2 Å². The highest BCUT2D eigenvalue weighted by molar-refractivity contribution is 5.84. The molecular weight excluding hydrogens is 245 g/mol. The van der Waals surface area contributed by atoms with Gasteiger partial charge < -0.3 is 10.2 Å². The van der Waals surface area contributed by atoms with E-state index in [9.17, 15) is 18.0 Å². The molecule has 0 bridgehead atoms. The summed E-state index contributed by atoms with van der Waals surface area (Å²) in [7, 11) is 0. The van der Waals surface area contributed by atoms with Gasteiger partial charge in [-0.05, 0) is 24.8 Å². The molecule has 6 heteroatoms. The summed E-state index contributed by atoms with van der Waals surface area (Å²) in [6.07, 6.45) is -4.61. The van der Waals surface area contributed by atoms with Crippen LogP contribution in [0.1, 0.15) is 20.3 Å². The summed E-state index contributed by atoms with van der Waals surface area (Å²) in [5.74, 6) is -0.196. The van der Waals surface area contributed by atoms with E-state index in [2.05, 4.69) is 5.32 Å². The van der Waals surface area contributed by atoms with Crippen LogP contribution in [0.3, 0.4) is 0 Å². The minimum atomic E-state index is -4.47. The molecular formula is C12H19F3N2O. The minimum Gasteiger partial charge on any atom is -0.341 e. The highest BCUT2D eigenvalue weighted by Crippen LogP contribution is 2.45. The van der Waals surface area contributed by atoms with Crippen LogP contribution in [0, 0.1) is 17.3 Å². The van der Waals surface area contributed by atoms with Gasteiger partial charge in [-0.15, -0.1) is 0 Å². The first-order valence-corrected chi connectivity index (χ1v) is 6.35. The second-order valence-electron chi connectivity index (χ2n) is 5.67. The molecule has 1 amide bonds. The van der Waals surface area contributed by atoms with Gasteiger partial charge in [0.15, 0.2) is 5.41 Å². The average molecular weight is 264 g/mol. The van der Waals surface area contributed by atoms with E-state index in [1.807, 2.05) is 13.8 Å². The van der Waals surface area contributed by atoms with E-state index in [1.54, 1.807) is 0 Å². The lowest BCUT2D eigenvalue weighted by Crippen LogP contribution is -2.53. The van der Waals surface area contributed by atoms with Crippen molar-refractivity contribution in [3.8, 4) is 0 Å². The first-order valence-electron chi connectivity index (χ1n) is 6.35. The van der Waals surface area contributed by atoms with Crippen LogP contribution in [-0.2, 0) is 4.79 Å². The van der Waals surface area contributed by atoms with E-state index < -0.39 is 17.5 Å². The fourth-order valence-corrected chi connectivity index (χ4v) is 2.84. The Bertz CT molecular complexity index is 327. The molecule has 2 fully saturated rings. The lowest BCUT2D eigenvalue weighted by Gasteiger charge is -2.33. The predicted molar refractivity (Wildman–Crippen MR) is 60.9 cm³/mol. The Kier molecular flexibility index (Phi) is 3.34. The Labute approximate surface area is 105 Å². The summed E-state index contributed by atoms with van der Waals surface area (Å²) in [4.78, 5) is 13.7. The lowest BCUT2D eigenvalue weighted by molar-refractivity contribution is -0.221. The molecule has 2 aliphatic rings. The Hall–Kier alpha value is -0.780. The summed E-state index contributed by atoms with van der Waals surface area (Å²) >= 11 is 0. The van der Waals surface area contributed by atoms with Gasteiger partial charge in [0.05, 0.1) is 0 Å². The standard InChI is InChI=1S/C12H19F3N2O/c1-8-5-17(6-9(8)2)10(18)11(12(13,14)15)3-4-16-7-11/h8-9,16H,3-7H2,1-2H3. The molecule has 3 atom stereocenters. The number of nitrogens with one attached hydrogen (secondary N) is 1. The fourth-order valence-electron chi connectivity index (χ4n) is 2.84. The number of carbonyl (C=O) groups excluding carboxylic acids is 1. The van der Waals surface area contributed by atoms with Crippen molar-refractivity contribution in [2.24, 2.45) is 17.3 Å². The molecule has 0 aromatic rings. The normalized spacial score (nSPS) is 37.3. The smallest absolute Gasteiger partial charge is 0.341 e. The maximum atomic E-state index is 13.2. The van der Waals surface area contributed by atoms with Gasteiger partial charge in [-0.2, -0.15) is 13.2 Å². The first kappa shape index (κ1) is 13.6. The third-order valence-electron chi connectivity index (χ3n) is 4.38. The summed E-state index contributed by atoms with van der Waals surface area (Å²) < 4.78 is 39.7. The lowest BCUT2D eigenvalue weighted by atomic mass is 9.84. The molecule has 2 saturated heterocycles. The number of hydrogen-bond acceptors (Lipinski definition) is 2. The summed E-state index contributed by atoms with van der Waals surface area (Å²) in [5, 5.41) is 2.68. The second kappa shape index (κ2) is 4.40. The topological polar surface area (TPSA) is 32.3 Å². The van der Waals surface area contributed by atoms with Gasteiger partial charge in [0.1, 0.15) is 0 Å². The number of carbonyl (C=O) groups is 1. The van der Waals surface area contributed by atoms with Gasteiger partial charge in [0.25, 0.3) is 0 Å². The van der Waals surface area contributed by atoms with Crippen molar-refractivity contribution >= 4 is 5.91 Å². The van der Waals surface area contributed by atoms with Crippen molar-refractivity contribution in [1.82, 2.24) is 10.2 Å². The molecule has 0 saturated carbocycles. The summed E-state index contributed by atoms with van der Waals surface area (Å²) in [6, 6.07) is 0. The molecule has 0 spiro atoms. The zero-order valence-electron chi connectivity index (χ0n) is 10.7. The largest absolute Gasteiger partial charge is 0.404 e. The van der Waals surface area contributed by atoms with Crippen molar-refractivity contribution in [3.63, 3.8) is 0 Å². The Balaban J connectivity index is 2.20. The Morgan fingerprint density at radius 2 is 1.83 bits per heavy atom. The van der Waals surface area contributed by atoms with Crippen LogP contribution in [0.5, 0.6) is 0 Å². The predicted octanol–water partition coefficient (Wildman–Crippen LogP) is 1.64. The number of nitrogens with zero attached hydrogens (tertiary/aromatic N) is 1. The molecule has 2 aliphatic heterocycles. The zero-order chi connectivity index (χ0) is 13.6. The van der Waals surface area contributed by atoms with E-state index in [0.29, 0.717) is 13.1 Å². The molecule has 3 nitrogen and oxygen atoms in total. The van der Waals surface area contributed by atoms with Crippen LogP contribution in [0.15, 0.2) is 0 Å². The van der Waals surface area contributed by atoms with E-state index in [1.165, 1.54) is 4.90 Å². The molecule has 0 aromatic carbocycles. The molecule has 3 unspecified atom stereocenters. The quantitative estimate of drug-likeness (QED) is 0.781. The maximum absolute atomic E-state index is 13.2. The molecule has 0 aliphatic carbocycles. The SMILES string of the molecule is CC1CN(C(=O)C2(C(F)(F)F)CCNC2)CC1C. The van der Waals surface area contributed by atoms with Crippen molar-refractivity contribution in [1.29, 1.82) is 0 Å². The van der Waals surface area contributed by atoms with E-state index in [4.69, 9.17) is 0 Å². The monoisotopic (exact) mass is 264 g/mol. The number of amides is 1. The molecule has 0 radical (unpaired) electrons. The van der Waals surface area contributed by atoms with Gasteiger partial charge in [0, 0.05) is 19.6 Å². The Morgan fingerprint density at radius 3 is 2.22 bits per heavy atom. The summed E-state index contributed by atoms with van der Waals surface area (Å²) in [6.45, 7) is 4.81. The highest BCUT2D eigenvalue weighted by atomic mass is 19.4. The van der Waals surface area contributed by atoms with Gasteiger partial charge in [-0.25, -0.2) is 0 Å². The molecule has 1 N–H and O–H groups in total. The van der Waals surface area contributed by atoms with Crippen LogP contribution in [0.25, 0.3) is 0 Å². The maximum Gasteiger partial charge on any atom is 0.404 e. The van der Waals surface area contributed by atoms with E-state index in [-0.39, 0.29) is 31.3 Å². The number of halogens is 3. The molecule has 104 valence electrons. The van der Waals surface area contributed by atoms with Gasteiger partial charge >= 0.3 is 6.18 Å². The van der Waals surface area contributed by atoms with Crippen LogP contribution >= 0.6 is 0 Å². The van der Waals surface area contributed by atoms with Crippen molar-refractivity contribution in [3.05, 3.63) is 0 Å². The van der Waals surface area contributed by atoms with Crippen LogP contribution in [0.4, 0.5) is 13.2 Å². The molecule has 0 aromatic heterocycles.